The van der Waals surface area contributed by atoms with Crippen LogP contribution in [-0.2, 0) is 14.4 Å². The minimum atomic E-state index is -0.355. The van der Waals surface area contributed by atoms with Crippen molar-refractivity contribution in [2.75, 3.05) is 10.7 Å². The Labute approximate surface area is 149 Å². The lowest BCUT2D eigenvalue weighted by Gasteiger charge is -2.26. The Hall–Kier alpha value is -1.14. The molecule has 1 aromatic rings. The summed E-state index contributed by atoms with van der Waals surface area (Å²) in [4.78, 5) is 38.0. The van der Waals surface area contributed by atoms with Crippen LogP contribution in [0.2, 0.25) is 0 Å². The van der Waals surface area contributed by atoms with E-state index in [1.54, 1.807) is 17.8 Å². The quantitative estimate of drug-likeness (QED) is 0.564. The van der Waals surface area contributed by atoms with Crippen molar-refractivity contribution in [1.82, 2.24) is 0 Å². The molecule has 1 heterocycles. The summed E-state index contributed by atoms with van der Waals surface area (Å²) in [7, 11) is 0. The van der Waals surface area contributed by atoms with Gasteiger partial charge in [0, 0.05) is 33.7 Å². The number of benzene rings is 1. The van der Waals surface area contributed by atoms with Crippen molar-refractivity contribution < 1.29 is 14.4 Å². The molecule has 1 saturated heterocycles. The first-order valence-electron chi connectivity index (χ1n) is 7.55. The number of halogens is 1. The van der Waals surface area contributed by atoms with Crippen LogP contribution >= 0.6 is 27.7 Å². The number of imide groups is 1. The van der Waals surface area contributed by atoms with Gasteiger partial charge in [-0.25, -0.2) is 0 Å². The van der Waals surface area contributed by atoms with Crippen molar-refractivity contribution in [3.8, 4) is 0 Å². The SMILES string of the molecule is Cc1cc(N2C(=O)C[C@@H](C=O)CSC(C)C(C)C2=O)ccc1Br. The predicted molar refractivity (Wildman–Crippen MR) is 96.6 cm³/mol. The fraction of sp³-hybridized carbons (Fsp3) is 0.471. The molecule has 0 bridgehead atoms. The van der Waals surface area contributed by atoms with Crippen LogP contribution in [0.1, 0.15) is 25.8 Å². The molecule has 3 atom stereocenters. The number of thioether (sulfide) groups is 1. The molecule has 1 aliphatic heterocycles. The van der Waals surface area contributed by atoms with E-state index in [9.17, 15) is 14.4 Å². The average molecular weight is 398 g/mol. The Balaban J connectivity index is 2.45. The smallest absolute Gasteiger partial charge is 0.237 e. The molecule has 0 spiro atoms. The maximum atomic E-state index is 12.9. The molecule has 2 rings (SSSR count). The van der Waals surface area contributed by atoms with E-state index in [0.29, 0.717) is 11.4 Å². The van der Waals surface area contributed by atoms with E-state index in [2.05, 4.69) is 15.9 Å². The second kappa shape index (κ2) is 7.62. The first-order chi connectivity index (χ1) is 10.8. The van der Waals surface area contributed by atoms with Gasteiger partial charge in [0.05, 0.1) is 5.69 Å². The third-order valence-electron chi connectivity index (χ3n) is 4.17. The number of carbonyl (C=O) groups is 3. The Kier molecular flexibility index (Phi) is 6.03. The topological polar surface area (TPSA) is 54.5 Å². The molecule has 0 aliphatic carbocycles. The summed E-state index contributed by atoms with van der Waals surface area (Å²) < 4.78 is 0.924. The van der Waals surface area contributed by atoms with Crippen LogP contribution in [-0.4, -0.2) is 29.1 Å². The molecule has 124 valence electrons. The van der Waals surface area contributed by atoms with Crippen LogP contribution in [0.3, 0.4) is 0 Å². The highest BCUT2D eigenvalue weighted by Gasteiger charge is 2.34. The van der Waals surface area contributed by atoms with E-state index in [0.717, 1.165) is 16.3 Å². The molecule has 4 nitrogen and oxygen atoms in total. The summed E-state index contributed by atoms with van der Waals surface area (Å²) in [6, 6.07) is 5.40. The third-order valence-corrected chi connectivity index (χ3v) is 6.61. The molecule has 1 aliphatic rings. The summed E-state index contributed by atoms with van der Waals surface area (Å²) in [6.07, 6.45) is 0.889. The first kappa shape index (κ1) is 18.2. The predicted octanol–water partition coefficient (Wildman–Crippen LogP) is 3.59. The summed E-state index contributed by atoms with van der Waals surface area (Å²) >= 11 is 5.00. The van der Waals surface area contributed by atoms with Crippen molar-refractivity contribution in [3.63, 3.8) is 0 Å². The van der Waals surface area contributed by atoms with Gasteiger partial charge in [0.1, 0.15) is 6.29 Å². The van der Waals surface area contributed by atoms with Crippen LogP contribution in [0.25, 0.3) is 0 Å². The summed E-state index contributed by atoms with van der Waals surface area (Å²) in [6.45, 7) is 5.72. The zero-order chi connectivity index (χ0) is 17.1. The Bertz CT molecular complexity index is 634. The lowest BCUT2D eigenvalue weighted by atomic mass is 10.0. The number of amides is 2. The molecular weight excluding hydrogens is 378 g/mol. The largest absolute Gasteiger partial charge is 0.303 e. The van der Waals surface area contributed by atoms with E-state index < -0.39 is 0 Å². The van der Waals surface area contributed by atoms with Crippen LogP contribution in [0.15, 0.2) is 22.7 Å². The molecular formula is C17H20BrNO3S. The molecule has 0 aromatic heterocycles. The van der Waals surface area contributed by atoms with Crippen molar-refractivity contribution in [3.05, 3.63) is 28.2 Å². The van der Waals surface area contributed by atoms with E-state index in [-0.39, 0.29) is 35.3 Å². The Morgan fingerprint density at radius 3 is 2.61 bits per heavy atom. The standard InChI is InChI=1S/C17H20BrNO3S/c1-10-6-14(4-5-15(10)18)19-16(21)7-13(8-20)9-23-12(3)11(2)17(19)22/h4-6,8,11-13H,7,9H2,1-3H3/t11?,12?,13-/m0/s1. The second-order valence-corrected chi connectivity index (χ2v) is 8.19. The van der Waals surface area contributed by atoms with Crippen molar-refractivity contribution in [2.24, 2.45) is 11.8 Å². The third kappa shape index (κ3) is 4.04. The number of aldehydes is 1. The highest BCUT2D eigenvalue weighted by molar-refractivity contribution is 9.10. The molecule has 1 fully saturated rings. The number of hydrogen-bond acceptors (Lipinski definition) is 4. The monoisotopic (exact) mass is 397 g/mol. The fourth-order valence-electron chi connectivity index (χ4n) is 2.45. The zero-order valence-electron chi connectivity index (χ0n) is 13.4. The summed E-state index contributed by atoms with van der Waals surface area (Å²) in [5.41, 5.74) is 1.52. The number of hydrogen-bond donors (Lipinski definition) is 0. The summed E-state index contributed by atoms with van der Waals surface area (Å²) in [5, 5.41) is 0.0508. The number of anilines is 1. The minimum absolute atomic E-state index is 0.0508. The molecule has 1 aromatic carbocycles. The molecule has 0 saturated carbocycles. The van der Waals surface area contributed by atoms with Gasteiger partial charge in [0.15, 0.2) is 0 Å². The van der Waals surface area contributed by atoms with Gasteiger partial charge in [-0.05, 0) is 30.7 Å². The Morgan fingerprint density at radius 2 is 2.00 bits per heavy atom. The van der Waals surface area contributed by atoms with Crippen LogP contribution in [0.5, 0.6) is 0 Å². The van der Waals surface area contributed by atoms with Crippen molar-refractivity contribution >= 4 is 51.5 Å². The number of carbonyl (C=O) groups excluding carboxylic acids is 3. The molecule has 0 N–H and O–H groups in total. The lowest BCUT2D eigenvalue weighted by molar-refractivity contribution is -0.129. The fourth-order valence-corrected chi connectivity index (χ4v) is 3.85. The van der Waals surface area contributed by atoms with E-state index in [1.165, 1.54) is 4.90 Å². The summed E-state index contributed by atoms with van der Waals surface area (Å²) in [5.74, 6) is -0.592. The van der Waals surface area contributed by atoms with Gasteiger partial charge in [-0.2, -0.15) is 11.8 Å². The molecule has 2 amide bonds. The first-order valence-corrected chi connectivity index (χ1v) is 9.39. The van der Waals surface area contributed by atoms with Gasteiger partial charge in [-0.1, -0.05) is 29.8 Å². The Morgan fingerprint density at radius 1 is 1.30 bits per heavy atom. The van der Waals surface area contributed by atoms with E-state index in [1.807, 2.05) is 32.9 Å². The van der Waals surface area contributed by atoms with E-state index in [4.69, 9.17) is 0 Å². The average Bonchev–Trinajstić information content (AvgIpc) is 2.56. The van der Waals surface area contributed by atoms with Crippen molar-refractivity contribution in [2.45, 2.75) is 32.4 Å². The van der Waals surface area contributed by atoms with Crippen LogP contribution in [0, 0.1) is 18.8 Å². The molecule has 0 radical (unpaired) electrons. The normalized spacial score (nSPS) is 26.4. The van der Waals surface area contributed by atoms with E-state index >= 15 is 0 Å². The highest BCUT2D eigenvalue weighted by Crippen LogP contribution is 2.31. The zero-order valence-corrected chi connectivity index (χ0v) is 15.8. The molecule has 2 unspecified atom stereocenters. The van der Waals surface area contributed by atoms with Crippen LogP contribution in [0.4, 0.5) is 5.69 Å². The van der Waals surface area contributed by atoms with Gasteiger partial charge in [0.2, 0.25) is 11.8 Å². The van der Waals surface area contributed by atoms with Gasteiger partial charge in [-0.15, -0.1) is 0 Å². The van der Waals surface area contributed by atoms with Crippen LogP contribution < -0.4 is 4.90 Å². The molecule has 6 heteroatoms. The lowest BCUT2D eigenvalue weighted by Crippen LogP contribution is -2.42. The number of rotatable bonds is 2. The van der Waals surface area contributed by atoms with Crippen molar-refractivity contribution in [1.29, 1.82) is 0 Å². The number of nitrogens with zero attached hydrogens (tertiary/aromatic N) is 1. The van der Waals surface area contributed by atoms with Gasteiger partial charge < -0.3 is 4.79 Å². The second-order valence-electron chi connectivity index (χ2n) is 5.93. The van der Waals surface area contributed by atoms with Gasteiger partial charge >= 0.3 is 0 Å². The molecule has 23 heavy (non-hydrogen) atoms. The van der Waals surface area contributed by atoms with Gasteiger partial charge in [0.25, 0.3) is 0 Å². The highest BCUT2D eigenvalue weighted by atomic mass is 79.9. The maximum Gasteiger partial charge on any atom is 0.237 e. The minimum Gasteiger partial charge on any atom is -0.303 e. The number of aryl methyl sites for hydroxylation is 1. The van der Waals surface area contributed by atoms with Gasteiger partial charge in [-0.3, -0.25) is 14.5 Å². The maximum absolute atomic E-state index is 12.9.